The van der Waals surface area contributed by atoms with Gasteiger partial charge in [-0.3, -0.25) is 9.59 Å². The van der Waals surface area contributed by atoms with Gasteiger partial charge >= 0.3 is 0 Å². The fourth-order valence-electron chi connectivity index (χ4n) is 2.42. The first-order valence-corrected chi connectivity index (χ1v) is 6.33. The monoisotopic (exact) mass is 276 g/mol. The highest BCUT2D eigenvalue weighted by Crippen LogP contribution is 2.25. The SMILES string of the molecule is Cc1ccc2nc3c(nc2c1)C(=O)c1cnncc1C3=O. The van der Waals surface area contributed by atoms with Crippen LogP contribution in [0.4, 0.5) is 0 Å². The Hall–Kier alpha value is -3.02. The summed E-state index contributed by atoms with van der Waals surface area (Å²) in [4.78, 5) is 33.5. The minimum atomic E-state index is -0.343. The van der Waals surface area contributed by atoms with Crippen molar-refractivity contribution < 1.29 is 9.59 Å². The third kappa shape index (κ3) is 1.59. The van der Waals surface area contributed by atoms with Gasteiger partial charge in [0, 0.05) is 0 Å². The lowest BCUT2D eigenvalue weighted by atomic mass is 9.92. The van der Waals surface area contributed by atoms with Gasteiger partial charge in [0.2, 0.25) is 11.6 Å². The summed E-state index contributed by atoms with van der Waals surface area (Å²) >= 11 is 0. The lowest BCUT2D eigenvalue weighted by Gasteiger charge is -2.15. The third-order valence-electron chi connectivity index (χ3n) is 3.47. The molecular formula is C15H8N4O2. The molecule has 0 radical (unpaired) electrons. The molecule has 100 valence electrons. The summed E-state index contributed by atoms with van der Waals surface area (Å²) in [7, 11) is 0. The second-order valence-corrected chi connectivity index (χ2v) is 4.89. The second-order valence-electron chi connectivity index (χ2n) is 4.89. The van der Waals surface area contributed by atoms with Crippen LogP contribution in [0.3, 0.4) is 0 Å². The van der Waals surface area contributed by atoms with Crippen molar-refractivity contribution in [1.82, 2.24) is 20.2 Å². The van der Waals surface area contributed by atoms with Gasteiger partial charge in [-0.1, -0.05) is 6.07 Å². The number of aromatic nitrogens is 4. The van der Waals surface area contributed by atoms with Gasteiger partial charge in [0.1, 0.15) is 11.4 Å². The number of aryl methyl sites for hydroxylation is 1. The molecule has 6 heteroatoms. The van der Waals surface area contributed by atoms with Crippen LogP contribution in [0, 0.1) is 6.92 Å². The Morgan fingerprint density at radius 2 is 1.38 bits per heavy atom. The number of carbonyl (C=O) groups excluding carboxylic acids is 2. The summed E-state index contributed by atoms with van der Waals surface area (Å²) in [5.41, 5.74) is 2.81. The van der Waals surface area contributed by atoms with E-state index < -0.39 is 0 Å². The van der Waals surface area contributed by atoms with Crippen LogP contribution in [0.1, 0.15) is 37.7 Å². The topological polar surface area (TPSA) is 85.7 Å². The number of carbonyl (C=O) groups is 2. The summed E-state index contributed by atoms with van der Waals surface area (Å²) < 4.78 is 0. The van der Waals surface area contributed by atoms with Crippen LogP contribution >= 0.6 is 0 Å². The van der Waals surface area contributed by atoms with Crippen molar-refractivity contribution in [2.75, 3.05) is 0 Å². The van der Waals surface area contributed by atoms with Crippen LogP contribution in [0.2, 0.25) is 0 Å². The van der Waals surface area contributed by atoms with Gasteiger partial charge in [-0.25, -0.2) is 9.97 Å². The highest BCUT2D eigenvalue weighted by Gasteiger charge is 2.33. The van der Waals surface area contributed by atoms with Crippen molar-refractivity contribution in [2.45, 2.75) is 6.92 Å². The molecule has 1 aromatic carbocycles. The van der Waals surface area contributed by atoms with Gasteiger partial charge < -0.3 is 0 Å². The summed E-state index contributed by atoms with van der Waals surface area (Å²) in [6.45, 7) is 1.93. The number of hydrogen-bond acceptors (Lipinski definition) is 6. The van der Waals surface area contributed by atoms with E-state index in [1.54, 1.807) is 6.07 Å². The van der Waals surface area contributed by atoms with Crippen LogP contribution in [0.15, 0.2) is 30.6 Å². The molecule has 0 N–H and O–H groups in total. The average Bonchev–Trinajstić information content (AvgIpc) is 2.51. The maximum Gasteiger partial charge on any atom is 0.216 e. The maximum atomic E-state index is 12.5. The van der Waals surface area contributed by atoms with Crippen molar-refractivity contribution >= 4 is 22.6 Å². The summed E-state index contributed by atoms with van der Waals surface area (Å²) in [6, 6.07) is 5.51. The molecule has 0 atom stereocenters. The molecule has 0 saturated heterocycles. The van der Waals surface area contributed by atoms with Gasteiger partial charge in [-0.2, -0.15) is 10.2 Å². The molecule has 1 aliphatic rings. The number of nitrogens with zero attached hydrogens (tertiary/aromatic N) is 4. The molecule has 2 heterocycles. The van der Waals surface area contributed by atoms with Gasteiger partial charge in [0.15, 0.2) is 0 Å². The number of ketones is 2. The first kappa shape index (κ1) is 11.8. The summed E-state index contributed by atoms with van der Waals surface area (Å²) in [5, 5.41) is 7.32. The van der Waals surface area contributed by atoms with Crippen LogP contribution < -0.4 is 0 Å². The van der Waals surface area contributed by atoms with E-state index in [9.17, 15) is 9.59 Å². The van der Waals surface area contributed by atoms with Crippen LogP contribution in [0.25, 0.3) is 11.0 Å². The van der Waals surface area contributed by atoms with Gasteiger partial charge in [-0.15, -0.1) is 0 Å². The Kier molecular flexibility index (Phi) is 2.24. The average molecular weight is 276 g/mol. The third-order valence-corrected chi connectivity index (χ3v) is 3.47. The van der Waals surface area contributed by atoms with E-state index in [0.29, 0.717) is 11.0 Å². The van der Waals surface area contributed by atoms with E-state index >= 15 is 0 Å². The molecule has 0 aliphatic heterocycles. The first-order chi connectivity index (χ1) is 10.1. The predicted molar refractivity (Wildman–Crippen MR) is 73.2 cm³/mol. The Morgan fingerprint density at radius 3 is 2.00 bits per heavy atom. The van der Waals surface area contributed by atoms with Crippen molar-refractivity contribution in [2.24, 2.45) is 0 Å². The summed E-state index contributed by atoms with van der Waals surface area (Å²) in [5.74, 6) is -0.685. The minimum absolute atomic E-state index is 0.0804. The molecule has 21 heavy (non-hydrogen) atoms. The minimum Gasteiger partial charge on any atom is -0.287 e. The lowest BCUT2D eigenvalue weighted by Crippen LogP contribution is -2.24. The zero-order valence-corrected chi connectivity index (χ0v) is 11.0. The van der Waals surface area contributed by atoms with E-state index in [0.717, 1.165) is 5.56 Å². The van der Waals surface area contributed by atoms with Crippen LogP contribution in [-0.2, 0) is 0 Å². The smallest absolute Gasteiger partial charge is 0.216 e. The molecule has 3 aromatic rings. The maximum absolute atomic E-state index is 12.5. The quantitative estimate of drug-likeness (QED) is 0.484. The fraction of sp³-hybridized carbons (Fsp3) is 0.0667. The molecule has 0 bridgehead atoms. The molecule has 6 nitrogen and oxygen atoms in total. The van der Waals surface area contributed by atoms with Crippen molar-refractivity contribution in [1.29, 1.82) is 0 Å². The van der Waals surface area contributed by atoms with Crippen molar-refractivity contribution in [3.8, 4) is 0 Å². The highest BCUT2D eigenvalue weighted by atomic mass is 16.1. The highest BCUT2D eigenvalue weighted by molar-refractivity contribution is 6.27. The Labute approximate surface area is 118 Å². The van der Waals surface area contributed by atoms with E-state index in [2.05, 4.69) is 20.2 Å². The van der Waals surface area contributed by atoms with E-state index in [1.807, 2.05) is 19.1 Å². The molecule has 0 fully saturated rings. The number of hydrogen-bond donors (Lipinski definition) is 0. The predicted octanol–water partition coefficient (Wildman–Crippen LogP) is 1.50. The zero-order valence-electron chi connectivity index (χ0n) is 11.0. The summed E-state index contributed by atoms with van der Waals surface area (Å²) in [6.07, 6.45) is 2.58. The fourth-order valence-corrected chi connectivity index (χ4v) is 2.42. The molecule has 0 spiro atoms. The first-order valence-electron chi connectivity index (χ1n) is 6.33. The van der Waals surface area contributed by atoms with E-state index in [1.165, 1.54) is 12.4 Å². The van der Waals surface area contributed by atoms with Gasteiger partial charge in [0.25, 0.3) is 0 Å². The number of benzene rings is 1. The standard InChI is InChI=1S/C15H8N4O2/c1-7-2-3-10-11(4-7)19-13-12(18-10)14(20)8-5-16-17-6-9(8)15(13)21/h2-6H,1H3. The normalized spacial score (nSPS) is 13.2. The molecule has 0 saturated carbocycles. The molecule has 1 aliphatic carbocycles. The van der Waals surface area contributed by atoms with Gasteiger partial charge in [-0.05, 0) is 24.6 Å². The molecule has 2 aromatic heterocycles. The largest absolute Gasteiger partial charge is 0.287 e. The Bertz CT molecular complexity index is 950. The molecule has 4 rings (SSSR count). The van der Waals surface area contributed by atoms with Gasteiger partial charge in [0.05, 0.1) is 34.6 Å². The second kappa shape index (κ2) is 3.99. The van der Waals surface area contributed by atoms with Crippen molar-refractivity contribution in [3.63, 3.8) is 0 Å². The number of fused-ring (bicyclic) bond motifs is 3. The molecular weight excluding hydrogens is 268 g/mol. The molecule has 0 unspecified atom stereocenters. The Balaban J connectivity index is 2.06. The zero-order chi connectivity index (χ0) is 14.6. The van der Waals surface area contributed by atoms with E-state index in [4.69, 9.17) is 0 Å². The van der Waals surface area contributed by atoms with E-state index in [-0.39, 0.29) is 34.1 Å². The Morgan fingerprint density at radius 1 is 0.810 bits per heavy atom. The van der Waals surface area contributed by atoms with Crippen molar-refractivity contribution in [3.05, 3.63) is 58.7 Å². The van der Waals surface area contributed by atoms with Crippen LogP contribution in [0.5, 0.6) is 0 Å². The van der Waals surface area contributed by atoms with Crippen LogP contribution in [-0.4, -0.2) is 31.7 Å². The number of rotatable bonds is 0. The lowest BCUT2D eigenvalue weighted by molar-refractivity contribution is 0.0971. The molecule has 0 amide bonds.